The maximum absolute atomic E-state index is 13.1. The second-order valence-corrected chi connectivity index (χ2v) is 13.6. The van der Waals surface area contributed by atoms with E-state index >= 15 is 0 Å². The van der Waals surface area contributed by atoms with Gasteiger partial charge in [0.25, 0.3) is 0 Å². The Hall–Kier alpha value is -5.12. The Kier molecular flexibility index (Phi) is 11.4. The molecule has 256 valence electrons. The summed E-state index contributed by atoms with van der Waals surface area (Å²) in [5, 5.41) is 12.3. The first-order valence-electron chi connectivity index (χ1n) is 16.9. The van der Waals surface area contributed by atoms with Crippen LogP contribution in [0.4, 0.5) is 10.6 Å². The maximum Gasteiger partial charge on any atom is 0.410 e. The van der Waals surface area contributed by atoms with Crippen molar-refractivity contribution in [2.75, 3.05) is 11.9 Å². The number of carboxylic acids is 1. The van der Waals surface area contributed by atoms with Gasteiger partial charge in [-0.05, 0) is 87.9 Å². The van der Waals surface area contributed by atoms with Crippen LogP contribution < -0.4 is 5.32 Å². The number of carbonyl (C=O) groups is 4. The Balaban J connectivity index is 0.000000402. The first-order valence-corrected chi connectivity index (χ1v) is 16.9. The number of carbonyl (C=O) groups excluding carboxylic acids is 3. The molecule has 1 saturated carbocycles. The molecule has 0 spiro atoms. The van der Waals surface area contributed by atoms with Gasteiger partial charge in [0.15, 0.2) is 5.78 Å². The zero-order chi connectivity index (χ0) is 35.0. The van der Waals surface area contributed by atoms with Crippen molar-refractivity contribution in [2.24, 2.45) is 5.92 Å². The number of ketones is 1. The number of rotatable bonds is 8. The standard InChI is InChI=1S/C31H36N4O4.C8H8O2/c1-31(2,3)39-30(38)35-16-6-9-26(35)27(36)18-24-13-10-22-17-21(11-14-25(22)33-24)23-12-15-28(32-19-23)34-29(37)20-7-4-5-8-20;9-8(10)6-7-4-2-1-3-5-7/h10-15,17,19-20,26H,4-9,16,18H2,1-3H3,(H,32,34,37);1-5H,6H2,(H,9,10)/t26-;/m0./s1. The van der Waals surface area contributed by atoms with Gasteiger partial charge in [-0.3, -0.25) is 24.3 Å². The van der Waals surface area contributed by atoms with Crippen molar-refractivity contribution in [3.63, 3.8) is 0 Å². The minimum Gasteiger partial charge on any atom is -0.481 e. The molecule has 3 heterocycles. The Labute approximate surface area is 286 Å². The molecule has 2 aromatic carbocycles. The van der Waals surface area contributed by atoms with E-state index in [-0.39, 0.29) is 30.4 Å². The summed E-state index contributed by atoms with van der Waals surface area (Å²) in [7, 11) is 0. The van der Waals surface area contributed by atoms with Crippen molar-refractivity contribution < 1.29 is 29.0 Å². The number of carboxylic acid groups (broad SMARTS) is 1. The summed E-state index contributed by atoms with van der Waals surface area (Å²) < 4.78 is 5.50. The molecule has 6 rings (SSSR count). The van der Waals surface area contributed by atoms with Crippen LogP contribution in [0.15, 0.2) is 79.0 Å². The van der Waals surface area contributed by atoms with Crippen molar-refractivity contribution in [3.05, 3.63) is 90.3 Å². The van der Waals surface area contributed by atoms with Crippen molar-refractivity contribution in [1.82, 2.24) is 14.9 Å². The van der Waals surface area contributed by atoms with E-state index in [1.807, 2.05) is 81.4 Å². The lowest BCUT2D eigenvalue weighted by Gasteiger charge is -2.28. The third kappa shape index (κ3) is 9.95. The van der Waals surface area contributed by atoms with Crippen LogP contribution >= 0.6 is 0 Å². The average Bonchev–Trinajstić information content (AvgIpc) is 3.78. The second-order valence-electron chi connectivity index (χ2n) is 13.6. The van der Waals surface area contributed by atoms with Crippen molar-refractivity contribution in [1.29, 1.82) is 0 Å². The van der Waals surface area contributed by atoms with Crippen LogP contribution in [0.3, 0.4) is 0 Å². The number of benzene rings is 2. The number of hydrogen-bond donors (Lipinski definition) is 2. The summed E-state index contributed by atoms with van der Waals surface area (Å²) in [5.74, 6) is -0.0786. The number of hydrogen-bond acceptors (Lipinski definition) is 7. The zero-order valence-corrected chi connectivity index (χ0v) is 28.4. The minimum atomic E-state index is -0.786. The SMILES string of the molecule is CC(C)(C)OC(=O)N1CCC[C@H]1C(=O)Cc1ccc2cc(-c3ccc(NC(=O)C4CCCC4)nc3)ccc2n1.O=C(O)Cc1ccccc1. The average molecular weight is 665 g/mol. The highest BCUT2D eigenvalue weighted by Gasteiger charge is 2.36. The van der Waals surface area contributed by atoms with Crippen LogP contribution in [0, 0.1) is 5.92 Å². The molecule has 1 aliphatic carbocycles. The number of aromatic nitrogens is 2. The fourth-order valence-electron chi connectivity index (χ4n) is 6.21. The molecule has 1 aliphatic heterocycles. The third-order valence-electron chi connectivity index (χ3n) is 8.63. The summed E-state index contributed by atoms with van der Waals surface area (Å²) in [6, 6.07) is 22.3. The Bertz CT molecular complexity index is 1780. The molecule has 0 unspecified atom stereocenters. The summed E-state index contributed by atoms with van der Waals surface area (Å²) in [4.78, 5) is 59.0. The lowest BCUT2D eigenvalue weighted by atomic mass is 10.0. The quantitative estimate of drug-likeness (QED) is 0.201. The number of Topliss-reactive ketones (excluding diaryl/α,β-unsaturated/α-hetero) is 1. The first kappa shape index (κ1) is 35.2. The van der Waals surface area contributed by atoms with E-state index in [1.165, 1.54) is 0 Å². The molecule has 4 aromatic rings. The molecule has 0 bridgehead atoms. The van der Waals surface area contributed by atoms with Crippen LogP contribution in [-0.4, -0.2) is 61.9 Å². The summed E-state index contributed by atoms with van der Waals surface area (Å²) in [5.41, 5.74) is 3.66. The molecule has 2 amide bonds. The van der Waals surface area contributed by atoms with Gasteiger partial charge >= 0.3 is 12.1 Å². The molecule has 10 heteroatoms. The number of anilines is 1. The van der Waals surface area contributed by atoms with Crippen molar-refractivity contribution in [3.8, 4) is 11.1 Å². The van der Waals surface area contributed by atoms with Gasteiger partial charge in [0.05, 0.1) is 24.4 Å². The van der Waals surface area contributed by atoms with Crippen molar-refractivity contribution >= 4 is 40.5 Å². The smallest absolute Gasteiger partial charge is 0.410 e. The summed E-state index contributed by atoms with van der Waals surface area (Å²) >= 11 is 0. The molecular formula is C39H44N4O6. The number of fused-ring (bicyclic) bond motifs is 1. The number of aliphatic carboxylic acids is 1. The highest BCUT2D eigenvalue weighted by Crippen LogP contribution is 2.28. The Morgan fingerprint density at radius 1 is 0.878 bits per heavy atom. The van der Waals surface area contributed by atoms with Gasteiger partial charge in [0.1, 0.15) is 11.4 Å². The predicted octanol–water partition coefficient (Wildman–Crippen LogP) is 7.25. The van der Waals surface area contributed by atoms with E-state index in [1.54, 1.807) is 23.2 Å². The van der Waals surface area contributed by atoms with Gasteiger partial charge in [0, 0.05) is 35.3 Å². The van der Waals surface area contributed by atoms with Crippen LogP contribution in [0.5, 0.6) is 0 Å². The van der Waals surface area contributed by atoms with E-state index in [4.69, 9.17) is 14.8 Å². The Morgan fingerprint density at radius 3 is 2.29 bits per heavy atom. The molecule has 1 saturated heterocycles. The molecule has 0 radical (unpaired) electrons. The van der Waals surface area contributed by atoms with Crippen LogP contribution in [-0.2, 0) is 32.0 Å². The Morgan fingerprint density at radius 2 is 1.61 bits per heavy atom. The largest absolute Gasteiger partial charge is 0.481 e. The monoisotopic (exact) mass is 664 g/mol. The van der Waals surface area contributed by atoms with E-state index in [0.717, 1.165) is 59.7 Å². The molecule has 2 aliphatic rings. The van der Waals surface area contributed by atoms with E-state index < -0.39 is 23.7 Å². The van der Waals surface area contributed by atoms with Gasteiger partial charge < -0.3 is 15.2 Å². The van der Waals surface area contributed by atoms with Crippen molar-refractivity contribution in [2.45, 2.75) is 83.8 Å². The molecule has 10 nitrogen and oxygen atoms in total. The van der Waals surface area contributed by atoms with Gasteiger partial charge in [-0.2, -0.15) is 0 Å². The second kappa shape index (κ2) is 15.9. The number of ether oxygens (including phenoxy) is 1. The van der Waals surface area contributed by atoms with E-state index in [2.05, 4.69) is 10.3 Å². The van der Waals surface area contributed by atoms with Gasteiger partial charge in [-0.15, -0.1) is 0 Å². The molecule has 49 heavy (non-hydrogen) atoms. The summed E-state index contributed by atoms with van der Waals surface area (Å²) in [6.07, 6.45) is 7.18. The highest BCUT2D eigenvalue weighted by atomic mass is 16.6. The minimum absolute atomic E-state index is 0.0204. The lowest BCUT2D eigenvalue weighted by Crippen LogP contribution is -2.43. The van der Waals surface area contributed by atoms with E-state index in [9.17, 15) is 19.2 Å². The van der Waals surface area contributed by atoms with Crippen LogP contribution in [0.25, 0.3) is 22.0 Å². The van der Waals surface area contributed by atoms with Gasteiger partial charge in [-0.25, -0.2) is 9.78 Å². The molecule has 1 atom stereocenters. The van der Waals surface area contributed by atoms with Gasteiger partial charge in [-0.1, -0.05) is 55.3 Å². The topological polar surface area (TPSA) is 139 Å². The van der Waals surface area contributed by atoms with E-state index in [0.29, 0.717) is 24.5 Å². The number of amides is 2. The molecular weight excluding hydrogens is 620 g/mol. The maximum atomic E-state index is 13.1. The van der Waals surface area contributed by atoms with Crippen LogP contribution in [0.1, 0.15) is 70.6 Å². The normalized spacial score (nSPS) is 16.1. The van der Waals surface area contributed by atoms with Crippen LogP contribution in [0.2, 0.25) is 0 Å². The number of nitrogens with one attached hydrogen (secondary N) is 1. The zero-order valence-electron chi connectivity index (χ0n) is 28.4. The third-order valence-corrected chi connectivity index (χ3v) is 8.63. The number of nitrogens with zero attached hydrogens (tertiary/aromatic N) is 3. The molecule has 2 N–H and O–H groups in total. The fraction of sp³-hybridized carbons (Fsp3) is 0.385. The molecule has 2 aromatic heterocycles. The highest BCUT2D eigenvalue weighted by molar-refractivity contribution is 5.92. The lowest BCUT2D eigenvalue weighted by molar-refractivity contribution is -0.136. The first-order chi connectivity index (χ1) is 23.4. The summed E-state index contributed by atoms with van der Waals surface area (Å²) in [6.45, 7) is 6.00. The number of likely N-dealkylation sites (tertiary alicyclic amines) is 1. The fourth-order valence-corrected chi connectivity index (χ4v) is 6.21. The predicted molar refractivity (Wildman–Crippen MR) is 188 cm³/mol. The molecule has 2 fully saturated rings. The number of pyridine rings is 2. The van der Waals surface area contributed by atoms with Gasteiger partial charge in [0.2, 0.25) is 5.91 Å².